The van der Waals surface area contributed by atoms with Gasteiger partial charge in [-0.15, -0.1) is 0 Å². The van der Waals surface area contributed by atoms with Crippen LogP contribution < -0.4 is 44.6 Å². The summed E-state index contributed by atoms with van der Waals surface area (Å²) < 4.78 is 0. The summed E-state index contributed by atoms with van der Waals surface area (Å²) in [4.78, 5) is 50.7. The number of aliphatic imine (C=N–C) groups is 2. The summed E-state index contributed by atoms with van der Waals surface area (Å²) in [6.45, 7) is 0.345. The monoisotopic (exact) mass is 577 g/mol. The first-order chi connectivity index (χ1) is 20.1. The highest BCUT2D eigenvalue weighted by Crippen LogP contribution is 2.19. The minimum Gasteiger partial charge on any atom is -0.370 e. The third-order valence-electron chi connectivity index (χ3n) is 6.44. The predicted molar refractivity (Wildman–Crippen MR) is 163 cm³/mol. The van der Waals surface area contributed by atoms with Crippen molar-refractivity contribution in [1.82, 2.24) is 20.9 Å². The molecular formula is C28H39N11O3. The second kappa shape index (κ2) is 15.6. The van der Waals surface area contributed by atoms with Gasteiger partial charge in [-0.3, -0.25) is 24.4 Å². The molecule has 0 aliphatic heterocycles. The number of aromatic amines is 1. The first-order valence-corrected chi connectivity index (χ1v) is 13.5. The van der Waals surface area contributed by atoms with Gasteiger partial charge in [-0.25, -0.2) is 0 Å². The van der Waals surface area contributed by atoms with Crippen molar-refractivity contribution in [3.05, 3.63) is 71.9 Å². The summed E-state index contributed by atoms with van der Waals surface area (Å²) in [7, 11) is 0. The van der Waals surface area contributed by atoms with Gasteiger partial charge in [0, 0.05) is 36.6 Å². The molecule has 14 nitrogen and oxygen atoms in total. The number of para-hydroxylation sites is 1. The van der Waals surface area contributed by atoms with Crippen LogP contribution in [0.3, 0.4) is 0 Å². The number of H-pyrrole nitrogens is 1. The number of amides is 3. The van der Waals surface area contributed by atoms with Crippen LogP contribution in [0.25, 0.3) is 10.9 Å². The number of guanidine groups is 2. The van der Waals surface area contributed by atoms with Gasteiger partial charge in [0.2, 0.25) is 17.7 Å². The molecule has 14 N–H and O–H groups in total. The van der Waals surface area contributed by atoms with Crippen LogP contribution >= 0.6 is 0 Å². The third-order valence-corrected chi connectivity index (χ3v) is 6.44. The van der Waals surface area contributed by atoms with E-state index in [-0.39, 0.29) is 31.4 Å². The number of nitrogens with zero attached hydrogens (tertiary/aromatic N) is 2. The Bertz CT molecular complexity index is 1400. The van der Waals surface area contributed by atoms with Gasteiger partial charge in [0.1, 0.15) is 12.1 Å². The van der Waals surface area contributed by atoms with Crippen molar-refractivity contribution in [2.45, 2.75) is 43.9 Å². The first kappa shape index (κ1) is 31.4. The minimum atomic E-state index is -1.11. The zero-order valence-corrected chi connectivity index (χ0v) is 23.3. The lowest BCUT2D eigenvalue weighted by molar-refractivity contribution is -0.132. The Kier molecular flexibility index (Phi) is 11.7. The van der Waals surface area contributed by atoms with Crippen LogP contribution in [0, 0.1) is 0 Å². The van der Waals surface area contributed by atoms with Gasteiger partial charge in [0.05, 0.1) is 12.6 Å². The number of nitrogens with two attached hydrogens (primary N) is 5. The smallest absolute Gasteiger partial charge is 0.244 e. The molecule has 0 spiro atoms. The largest absolute Gasteiger partial charge is 0.370 e. The molecule has 224 valence electrons. The molecule has 2 aromatic carbocycles. The maximum atomic E-state index is 13.6. The van der Waals surface area contributed by atoms with Gasteiger partial charge >= 0.3 is 0 Å². The topological polar surface area (TPSA) is 258 Å². The third kappa shape index (κ3) is 9.82. The maximum absolute atomic E-state index is 13.6. The number of carbonyl (C=O) groups is 3. The number of rotatable bonds is 15. The Morgan fingerprint density at radius 1 is 0.810 bits per heavy atom. The van der Waals surface area contributed by atoms with E-state index < -0.39 is 35.8 Å². The molecule has 1 heterocycles. The average molecular weight is 578 g/mol. The number of nitrogens with one attached hydrogen (secondary N) is 4. The highest BCUT2D eigenvalue weighted by molar-refractivity contribution is 5.94. The Morgan fingerprint density at radius 3 is 2.19 bits per heavy atom. The number of fused-ring (bicyclic) bond motifs is 1. The van der Waals surface area contributed by atoms with E-state index in [1.807, 2.05) is 54.6 Å². The van der Waals surface area contributed by atoms with Gasteiger partial charge < -0.3 is 49.6 Å². The fourth-order valence-corrected chi connectivity index (χ4v) is 4.23. The van der Waals surface area contributed by atoms with Crippen molar-refractivity contribution in [1.29, 1.82) is 0 Å². The summed E-state index contributed by atoms with van der Waals surface area (Å²) in [5.41, 5.74) is 30.3. The van der Waals surface area contributed by atoms with E-state index in [0.717, 1.165) is 22.0 Å². The van der Waals surface area contributed by atoms with Crippen molar-refractivity contribution in [2.24, 2.45) is 38.7 Å². The molecule has 0 unspecified atom stereocenters. The Labute approximate surface area is 243 Å². The lowest BCUT2D eigenvalue weighted by Gasteiger charge is -2.23. The van der Waals surface area contributed by atoms with E-state index in [4.69, 9.17) is 28.7 Å². The van der Waals surface area contributed by atoms with Crippen molar-refractivity contribution in [2.75, 3.05) is 13.1 Å². The van der Waals surface area contributed by atoms with Crippen molar-refractivity contribution < 1.29 is 14.4 Å². The molecule has 3 amide bonds. The summed E-state index contributed by atoms with van der Waals surface area (Å²) in [6, 6.07) is 13.8. The van der Waals surface area contributed by atoms with Crippen LogP contribution in [0.15, 0.2) is 70.8 Å². The molecule has 0 aliphatic rings. The number of carbonyl (C=O) groups excluding carboxylic acids is 3. The number of hydrogen-bond acceptors (Lipinski definition) is 6. The molecule has 42 heavy (non-hydrogen) atoms. The van der Waals surface area contributed by atoms with Gasteiger partial charge in [-0.1, -0.05) is 48.5 Å². The molecular weight excluding hydrogens is 538 g/mol. The Balaban J connectivity index is 1.77. The van der Waals surface area contributed by atoms with E-state index in [1.165, 1.54) is 0 Å². The molecule has 0 saturated heterocycles. The fraction of sp³-hybridized carbons (Fsp3) is 0.321. The second-order valence-electron chi connectivity index (χ2n) is 9.71. The summed E-state index contributed by atoms with van der Waals surface area (Å²) >= 11 is 0. The average Bonchev–Trinajstić information content (AvgIpc) is 3.38. The SMILES string of the molecule is NC(N)=NCCC[C@H](N)C(=O)N[C@@H](Cc1c[nH]c2ccccc12)C(=O)N[C@@H](CN=C(N)N)C(=O)NCc1ccccc1. The van der Waals surface area contributed by atoms with Gasteiger partial charge in [0.15, 0.2) is 11.9 Å². The Morgan fingerprint density at radius 2 is 1.48 bits per heavy atom. The molecule has 1 aromatic heterocycles. The quantitative estimate of drug-likeness (QED) is 0.0591. The number of benzene rings is 2. The van der Waals surface area contributed by atoms with E-state index in [0.29, 0.717) is 19.4 Å². The molecule has 0 saturated carbocycles. The standard InChI is InChI=1S/C28H39N11O3/c29-20(10-6-12-34-27(30)31)24(40)38-22(13-18-15-35-21-11-5-4-9-19(18)21)26(42)39-23(16-37-28(32)33)25(41)36-14-17-7-2-1-3-8-17/h1-5,7-9,11,15,20,22-23,35H,6,10,12-14,16,29H2,(H,36,41)(H,38,40)(H,39,42)(H4,30,31,34)(H4,32,33,37)/t20-,22-,23-/m0/s1. The molecule has 0 aliphatic carbocycles. The zero-order valence-electron chi connectivity index (χ0n) is 23.3. The van der Waals surface area contributed by atoms with Crippen molar-refractivity contribution in [3.63, 3.8) is 0 Å². The Hall–Kier alpha value is -5.11. The van der Waals surface area contributed by atoms with Crippen LogP contribution in [-0.2, 0) is 27.3 Å². The molecule has 14 heteroatoms. The molecule has 0 fully saturated rings. The van der Waals surface area contributed by atoms with Crippen LogP contribution in [0.2, 0.25) is 0 Å². The predicted octanol–water partition coefficient (Wildman–Crippen LogP) is -1.35. The molecule has 3 aromatic rings. The van der Waals surface area contributed by atoms with E-state index in [1.54, 1.807) is 6.20 Å². The fourth-order valence-electron chi connectivity index (χ4n) is 4.23. The molecule has 0 radical (unpaired) electrons. The lowest BCUT2D eigenvalue weighted by Crippen LogP contribution is -2.57. The normalized spacial score (nSPS) is 12.9. The highest BCUT2D eigenvalue weighted by Gasteiger charge is 2.29. The maximum Gasteiger partial charge on any atom is 0.244 e. The zero-order chi connectivity index (χ0) is 30.5. The van der Waals surface area contributed by atoms with Gasteiger partial charge in [-0.05, 0) is 30.0 Å². The van der Waals surface area contributed by atoms with Crippen molar-refractivity contribution in [3.8, 4) is 0 Å². The molecule has 3 atom stereocenters. The van der Waals surface area contributed by atoms with E-state index >= 15 is 0 Å². The summed E-state index contributed by atoms with van der Waals surface area (Å²) in [6.07, 6.45) is 2.66. The van der Waals surface area contributed by atoms with Gasteiger partial charge in [0.25, 0.3) is 0 Å². The minimum absolute atomic E-state index is 0.0495. The summed E-state index contributed by atoms with van der Waals surface area (Å²) in [5.74, 6) is -1.92. The van der Waals surface area contributed by atoms with Crippen LogP contribution in [0.1, 0.15) is 24.0 Å². The van der Waals surface area contributed by atoms with E-state index in [9.17, 15) is 14.4 Å². The molecule has 3 rings (SSSR count). The van der Waals surface area contributed by atoms with E-state index in [2.05, 4.69) is 30.9 Å². The second-order valence-corrected chi connectivity index (χ2v) is 9.71. The van der Waals surface area contributed by atoms with Gasteiger partial charge in [-0.2, -0.15) is 0 Å². The molecule has 0 bridgehead atoms. The number of aromatic nitrogens is 1. The van der Waals surface area contributed by atoms with Crippen LogP contribution in [0.4, 0.5) is 0 Å². The first-order valence-electron chi connectivity index (χ1n) is 13.5. The lowest BCUT2D eigenvalue weighted by atomic mass is 10.0. The van der Waals surface area contributed by atoms with Crippen LogP contribution in [0.5, 0.6) is 0 Å². The highest BCUT2D eigenvalue weighted by atomic mass is 16.2. The summed E-state index contributed by atoms with van der Waals surface area (Å²) in [5, 5.41) is 9.12. The van der Waals surface area contributed by atoms with Crippen LogP contribution in [-0.4, -0.2) is 65.8 Å². The number of hydrogen-bond donors (Lipinski definition) is 9. The van der Waals surface area contributed by atoms with Crippen molar-refractivity contribution >= 4 is 40.5 Å².